The summed E-state index contributed by atoms with van der Waals surface area (Å²) in [5, 5.41) is 9.44. The Morgan fingerprint density at radius 1 is 1.32 bits per heavy atom. The van der Waals surface area contributed by atoms with Gasteiger partial charge in [0.25, 0.3) is 5.91 Å². The number of rotatable bonds is 5. The second kappa shape index (κ2) is 6.55. The smallest absolute Gasteiger partial charge is 0.416 e. The summed E-state index contributed by atoms with van der Waals surface area (Å²) in [6, 6.07) is 6.22. The second-order valence-corrected chi connectivity index (χ2v) is 5.88. The first-order valence-electron chi connectivity index (χ1n) is 6.93. The van der Waals surface area contributed by atoms with Crippen molar-refractivity contribution in [1.29, 1.82) is 0 Å². The number of nitrogens with zero attached hydrogens (tertiary/aromatic N) is 3. The Morgan fingerprint density at radius 2 is 2.12 bits per heavy atom. The van der Waals surface area contributed by atoms with E-state index in [2.05, 4.69) is 10.3 Å². The van der Waals surface area contributed by atoms with Crippen molar-refractivity contribution in [2.24, 2.45) is 5.73 Å². The first-order chi connectivity index (χ1) is 11.8. The summed E-state index contributed by atoms with van der Waals surface area (Å²) >= 11 is 1.17. The van der Waals surface area contributed by atoms with Crippen LogP contribution in [0.5, 0.6) is 5.75 Å². The highest BCUT2D eigenvalue weighted by molar-refractivity contribution is 7.12. The molecule has 0 fully saturated rings. The number of carbonyl (C=O) groups excluding carboxylic acids is 1. The van der Waals surface area contributed by atoms with E-state index in [-0.39, 0.29) is 12.4 Å². The fourth-order valence-electron chi connectivity index (χ4n) is 2.07. The van der Waals surface area contributed by atoms with E-state index in [0.717, 1.165) is 12.1 Å². The minimum atomic E-state index is -4.44. The van der Waals surface area contributed by atoms with Gasteiger partial charge in [-0.05, 0) is 29.6 Å². The molecule has 0 saturated carbocycles. The fraction of sp³-hybridized carbons (Fsp3) is 0.133. The van der Waals surface area contributed by atoms with Crippen LogP contribution >= 0.6 is 11.3 Å². The van der Waals surface area contributed by atoms with E-state index in [1.807, 2.05) is 0 Å². The van der Waals surface area contributed by atoms with Crippen molar-refractivity contribution < 1.29 is 22.7 Å². The van der Waals surface area contributed by atoms with Crippen molar-refractivity contribution in [3.8, 4) is 11.4 Å². The van der Waals surface area contributed by atoms with Crippen molar-refractivity contribution in [1.82, 2.24) is 15.0 Å². The molecular formula is C15H11F3N4O2S. The van der Waals surface area contributed by atoms with Gasteiger partial charge in [-0.2, -0.15) is 13.2 Å². The molecule has 1 amide bonds. The van der Waals surface area contributed by atoms with E-state index in [1.165, 1.54) is 34.3 Å². The summed E-state index contributed by atoms with van der Waals surface area (Å²) in [5.41, 5.74) is 5.36. The molecule has 2 aromatic heterocycles. The summed E-state index contributed by atoms with van der Waals surface area (Å²) in [6.07, 6.45) is -2.92. The third-order valence-corrected chi connectivity index (χ3v) is 4.12. The first kappa shape index (κ1) is 17.0. The minimum Gasteiger partial charge on any atom is -0.487 e. The van der Waals surface area contributed by atoms with E-state index in [0.29, 0.717) is 16.3 Å². The molecule has 0 spiro atoms. The number of hydrogen-bond donors (Lipinski definition) is 1. The van der Waals surface area contributed by atoms with Crippen molar-refractivity contribution in [3.63, 3.8) is 0 Å². The fourth-order valence-corrected chi connectivity index (χ4v) is 2.80. The predicted octanol–water partition coefficient (Wildman–Crippen LogP) is 3.03. The minimum absolute atomic E-state index is 0.0673. The number of benzene rings is 1. The standard InChI is InChI=1S/C15H11F3N4O2S/c16-15(17,18)9-2-1-3-11(6-9)24-8-10-7-22(21-20-10)12-4-5-25-13(12)14(19)23/h1-7H,8H2,(H2,19,23). The van der Waals surface area contributed by atoms with Crippen molar-refractivity contribution >= 4 is 17.2 Å². The SMILES string of the molecule is NC(=O)c1sccc1-n1cc(COc2cccc(C(F)(F)F)c2)nn1. The largest absolute Gasteiger partial charge is 0.487 e. The summed E-state index contributed by atoms with van der Waals surface area (Å²) < 4.78 is 44.7. The van der Waals surface area contributed by atoms with Gasteiger partial charge >= 0.3 is 6.18 Å². The Balaban J connectivity index is 1.72. The lowest BCUT2D eigenvalue weighted by Gasteiger charge is -2.09. The number of hydrogen-bond acceptors (Lipinski definition) is 5. The molecule has 0 aliphatic heterocycles. The number of amides is 1. The molecule has 0 bridgehead atoms. The van der Waals surface area contributed by atoms with Crippen LogP contribution in [0.4, 0.5) is 13.2 Å². The number of carbonyl (C=O) groups is 1. The van der Waals surface area contributed by atoms with Crippen LogP contribution in [-0.4, -0.2) is 20.9 Å². The molecule has 0 atom stereocenters. The van der Waals surface area contributed by atoms with Gasteiger partial charge in [-0.15, -0.1) is 16.4 Å². The number of primary amides is 1. The highest BCUT2D eigenvalue weighted by atomic mass is 32.1. The third kappa shape index (κ3) is 3.79. The molecule has 1 aromatic carbocycles. The number of halogens is 3. The molecule has 2 heterocycles. The zero-order valence-electron chi connectivity index (χ0n) is 12.5. The van der Waals surface area contributed by atoms with Crippen LogP contribution in [0.15, 0.2) is 41.9 Å². The van der Waals surface area contributed by atoms with E-state index in [1.54, 1.807) is 11.4 Å². The maximum absolute atomic E-state index is 12.7. The van der Waals surface area contributed by atoms with Gasteiger partial charge < -0.3 is 10.5 Å². The Labute approximate surface area is 143 Å². The van der Waals surface area contributed by atoms with E-state index >= 15 is 0 Å². The normalized spacial score (nSPS) is 11.5. The van der Waals surface area contributed by atoms with Crippen LogP contribution in [-0.2, 0) is 12.8 Å². The van der Waals surface area contributed by atoms with Crippen molar-refractivity contribution in [3.05, 3.63) is 58.0 Å². The Bertz CT molecular complexity index is 904. The van der Waals surface area contributed by atoms with Gasteiger partial charge in [0.1, 0.15) is 22.9 Å². The Kier molecular flexibility index (Phi) is 4.45. The highest BCUT2D eigenvalue weighted by Crippen LogP contribution is 2.31. The lowest BCUT2D eigenvalue weighted by molar-refractivity contribution is -0.137. The number of aromatic nitrogens is 3. The molecule has 25 heavy (non-hydrogen) atoms. The summed E-state index contributed by atoms with van der Waals surface area (Å²) in [6.45, 7) is -0.0721. The van der Waals surface area contributed by atoms with Gasteiger partial charge in [0.2, 0.25) is 0 Å². The van der Waals surface area contributed by atoms with E-state index in [4.69, 9.17) is 10.5 Å². The van der Waals surface area contributed by atoms with E-state index < -0.39 is 17.6 Å². The Hall–Kier alpha value is -2.88. The summed E-state index contributed by atoms with van der Waals surface area (Å²) in [7, 11) is 0. The van der Waals surface area contributed by atoms with Crippen LogP contribution in [0.2, 0.25) is 0 Å². The topological polar surface area (TPSA) is 83.0 Å². The molecule has 0 unspecified atom stereocenters. The maximum atomic E-state index is 12.7. The molecule has 6 nitrogen and oxygen atoms in total. The zero-order valence-corrected chi connectivity index (χ0v) is 13.3. The van der Waals surface area contributed by atoms with Gasteiger partial charge in [-0.1, -0.05) is 11.3 Å². The summed E-state index contributed by atoms with van der Waals surface area (Å²) in [5.74, 6) is -0.514. The number of thiophene rings is 1. The predicted molar refractivity (Wildman–Crippen MR) is 83.5 cm³/mol. The third-order valence-electron chi connectivity index (χ3n) is 3.20. The molecule has 10 heteroatoms. The van der Waals surface area contributed by atoms with Gasteiger partial charge in [-0.3, -0.25) is 4.79 Å². The average Bonchev–Trinajstić information content (AvgIpc) is 3.21. The van der Waals surface area contributed by atoms with Gasteiger partial charge in [0, 0.05) is 0 Å². The molecule has 2 N–H and O–H groups in total. The molecule has 130 valence electrons. The van der Waals surface area contributed by atoms with Crippen molar-refractivity contribution in [2.45, 2.75) is 12.8 Å². The highest BCUT2D eigenvalue weighted by Gasteiger charge is 2.30. The molecule has 0 aliphatic rings. The van der Waals surface area contributed by atoms with E-state index in [9.17, 15) is 18.0 Å². The monoisotopic (exact) mass is 368 g/mol. The summed E-state index contributed by atoms with van der Waals surface area (Å²) in [4.78, 5) is 11.7. The average molecular weight is 368 g/mol. The quantitative estimate of drug-likeness (QED) is 0.750. The molecule has 3 rings (SSSR count). The lowest BCUT2D eigenvalue weighted by Crippen LogP contribution is -2.12. The molecular weight excluding hydrogens is 357 g/mol. The molecule has 3 aromatic rings. The lowest BCUT2D eigenvalue weighted by atomic mass is 10.2. The zero-order chi connectivity index (χ0) is 18.0. The number of nitrogens with two attached hydrogens (primary N) is 1. The molecule has 0 saturated heterocycles. The van der Waals surface area contributed by atoms with Crippen LogP contribution in [0.25, 0.3) is 5.69 Å². The van der Waals surface area contributed by atoms with Gasteiger partial charge in [0.05, 0.1) is 17.4 Å². The second-order valence-electron chi connectivity index (χ2n) is 4.97. The van der Waals surface area contributed by atoms with Crippen LogP contribution in [0.1, 0.15) is 20.9 Å². The molecule has 0 aliphatic carbocycles. The van der Waals surface area contributed by atoms with Crippen molar-refractivity contribution in [2.75, 3.05) is 0 Å². The molecule has 0 radical (unpaired) electrons. The van der Waals surface area contributed by atoms with Gasteiger partial charge in [-0.25, -0.2) is 4.68 Å². The van der Waals surface area contributed by atoms with Gasteiger partial charge in [0.15, 0.2) is 0 Å². The van der Waals surface area contributed by atoms with Crippen LogP contribution in [0, 0.1) is 0 Å². The first-order valence-corrected chi connectivity index (χ1v) is 7.81. The number of ether oxygens (including phenoxy) is 1. The Morgan fingerprint density at radius 3 is 2.84 bits per heavy atom. The number of alkyl halides is 3. The van der Waals surface area contributed by atoms with Crippen LogP contribution < -0.4 is 10.5 Å². The maximum Gasteiger partial charge on any atom is 0.416 e. The van der Waals surface area contributed by atoms with Crippen LogP contribution in [0.3, 0.4) is 0 Å².